The van der Waals surface area contributed by atoms with E-state index < -0.39 is 22.9 Å². The number of fused-ring (bicyclic) bond motifs is 1. The summed E-state index contributed by atoms with van der Waals surface area (Å²) in [5, 5.41) is 4.61. The van der Waals surface area contributed by atoms with E-state index in [-0.39, 0.29) is 24.1 Å². The van der Waals surface area contributed by atoms with Crippen molar-refractivity contribution < 1.29 is 22.8 Å². The molecule has 0 fully saturated rings. The predicted octanol–water partition coefficient (Wildman–Crippen LogP) is 4.39. The number of carbonyl (C=O) groups is 2. The third-order valence-corrected chi connectivity index (χ3v) is 5.45. The molecule has 0 radical (unpaired) electrons. The lowest BCUT2D eigenvalue weighted by Crippen LogP contribution is -2.35. The monoisotopic (exact) mass is 394 g/mol. The summed E-state index contributed by atoms with van der Waals surface area (Å²) in [5.74, 6) is -0.774. The molecular formula is C19H17F3N2O2S. The highest BCUT2D eigenvalue weighted by atomic mass is 32.2. The van der Waals surface area contributed by atoms with Gasteiger partial charge in [0.15, 0.2) is 0 Å². The number of hydrogen-bond donors (Lipinski definition) is 2. The minimum atomic E-state index is -4.48. The summed E-state index contributed by atoms with van der Waals surface area (Å²) in [7, 11) is 0. The number of hydrogen-bond acceptors (Lipinski definition) is 3. The summed E-state index contributed by atoms with van der Waals surface area (Å²) in [6.45, 7) is 1.84. The fraction of sp³-hybridized carbons (Fsp3) is 0.263. The molecule has 8 heteroatoms. The second-order valence-corrected chi connectivity index (χ2v) is 7.45. The number of anilines is 1. The molecule has 0 saturated carbocycles. The number of carbonyl (C=O) groups excluding carboxylic acids is 2. The molecule has 142 valence electrons. The van der Waals surface area contributed by atoms with Crippen LogP contribution in [0.5, 0.6) is 0 Å². The summed E-state index contributed by atoms with van der Waals surface area (Å²) >= 11 is 1.10. The zero-order valence-electron chi connectivity index (χ0n) is 14.3. The van der Waals surface area contributed by atoms with Crippen LogP contribution in [-0.4, -0.2) is 17.1 Å². The van der Waals surface area contributed by atoms with Crippen LogP contribution >= 0.6 is 11.8 Å². The van der Waals surface area contributed by atoms with E-state index in [4.69, 9.17) is 0 Å². The van der Waals surface area contributed by atoms with Crippen molar-refractivity contribution in [2.75, 3.05) is 5.32 Å². The van der Waals surface area contributed by atoms with Crippen LogP contribution in [0.1, 0.15) is 30.5 Å². The maximum absolute atomic E-state index is 12.8. The summed E-state index contributed by atoms with van der Waals surface area (Å²) in [5.41, 5.74) is 0.237. The molecule has 3 rings (SSSR count). The Kier molecular flexibility index (Phi) is 5.46. The average molecular weight is 394 g/mol. The quantitative estimate of drug-likeness (QED) is 0.809. The van der Waals surface area contributed by atoms with Gasteiger partial charge in [-0.2, -0.15) is 13.2 Å². The first-order chi connectivity index (χ1) is 12.7. The van der Waals surface area contributed by atoms with Crippen LogP contribution in [-0.2, 0) is 15.8 Å². The lowest BCUT2D eigenvalue weighted by atomic mass is 10.1. The maximum Gasteiger partial charge on any atom is 0.416 e. The molecule has 4 nitrogen and oxygen atoms in total. The number of benzene rings is 2. The lowest BCUT2D eigenvalue weighted by molar-refractivity contribution is -0.137. The van der Waals surface area contributed by atoms with Crippen LogP contribution < -0.4 is 10.6 Å². The third-order valence-electron chi connectivity index (χ3n) is 4.17. The molecule has 0 aromatic heterocycles. The number of nitrogens with one attached hydrogen (secondary N) is 2. The van der Waals surface area contributed by atoms with Gasteiger partial charge in [-0.25, -0.2) is 0 Å². The summed E-state index contributed by atoms with van der Waals surface area (Å²) in [4.78, 5) is 25.0. The van der Waals surface area contributed by atoms with Crippen molar-refractivity contribution in [1.82, 2.24) is 5.32 Å². The normalized spacial score (nSPS) is 17.6. The zero-order chi connectivity index (χ0) is 19.6. The Bertz CT molecular complexity index is 856. The Morgan fingerprint density at radius 1 is 1.22 bits per heavy atom. The smallest absolute Gasteiger partial charge is 0.350 e. The number of halogens is 3. The number of thioether (sulfide) groups is 1. The SMILES string of the molecule is CC(NC(=O)CC1Sc2ccc(C(F)(F)F)cc2NC1=O)c1ccccc1. The van der Waals surface area contributed by atoms with Crippen LogP contribution in [0.3, 0.4) is 0 Å². The molecule has 2 aromatic rings. The molecule has 27 heavy (non-hydrogen) atoms. The van der Waals surface area contributed by atoms with E-state index in [0.29, 0.717) is 4.90 Å². The summed E-state index contributed by atoms with van der Waals surface area (Å²) < 4.78 is 38.4. The van der Waals surface area contributed by atoms with Gasteiger partial charge in [-0.15, -0.1) is 11.8 Å². The van der Waals surface area contributed by atoms with Crippen LogP contribution in [0.4, 0.5) is 18.9 Å². The van der Waals surface area contributed by atoms with Gasteiger partial charge in [0.2, 0.25) is 11.8 Å². The van der Waals surface area contributed by atoms with Crippen molar-refractivity contribution in [3.05, 3.63) is 59.7 Å². The number of alkyl halides is 3. The van der Waals surface area contributed by atoms with E-state index in [1.807, 2.05) is 37.3 Å². The highest BCUT2D eigenvalue weighted by Crippen LogP contribution is 2.40. The molecule has 0 bridgehead atoms. The van der Waals surface area contributed by atoms with Crippen molar-refractivity contribution in [2.45, 2.75) is 35.7 Å². The molecule has 2 N–H and O–H groups in total. The fourth-order valence-electron chi connectivity index (χ4n) is 2.75. The molecule has 0 aliphatic carbocycles. The highest BCUT2D eigenvalue weighted by Gasteiger charge is 2.34. The molecule has 1 aliphatic heterocycles. The van der Waals surface area contributed by atoms with Crippen molar-refractivity contribution in [3.8, 4) is 0 Å². The van der Waals surface area contributed by atoms with Crippen molar-refractivity contribution in [2.24, 2.45) is 0 Å². The van der Waals surface area contributed by atoms with Gasteiger partial charge < -0.3 is 10.6 Å². The number of amides is 2. The minimum Gasteiger partial charge on any atom is -0.350 e. The molecule has 2 unspecified atom stereocenters. The van der Waals surface area contributed by atoms with E-state index in [1.54, 1.807) is 0 Å². The van der Waals surface area contributed by atoms with E-state index in [9.17, 15) is 22.8 Å². The lowest BCUT2D eigenvalue weighted by Gasteiger charge is -2.25. The van der Waals surface area contributed by atoms with Crippen LogP contribution in [0.25, 0.3) is 0 Å². The molecule has 2 aromatic carbocycles. The summed E-state index contributed by atoms with van der Waals surface area (Å²) in [6, 6.07) is 12.4. The molecule has 1 aliphatic rings. The fourth-order valence-corrected chi connectivity index (χ4v) is 3.85. The molecular weight excluding hydrogens is 377 g/mol. The molecule has 2 amide bonds. The Morgan fingerprint density at radius 3 is 2.59 bits per heavy atom. The van der Waals surface area contributed by atoms with Crippen molar-refractivity contribution in [1.29, 1.82) is 0 Å². The number of rotatable bonds is 4. The van der Waals surface area contributed by atoms with Gasteiger partial charge in [0.05, 0.1) is 22.5 Å². The van der Waals surface area contributed by atoms with Gasteiger partial charge in [-0.05, 0) is 30.7 Å². The second kappa shape index (κ2) is 7.64. The Balaban J connectivity index is 1.65. The van der Waals surface area contributed by atoms with Gasteiger partial charge >= 0.3 is 6.18 Å². The van der Waals surface area contributed by atoms with E-state index in [2.05, 4.69) is 10.6 Å². The van der Waals surface area contributed by atoms with E-state index in [0.717, 1.165) is 29.5 Å². The molecule has 2 atom stereocenters. The standard InChI is InChI=1S/C19H17F3N2O2S/c1-11(12-5-3-2-4-6-12)23-17(25)10-16-18(26)24-14-9-13(19(20,21)22)7-8-15(14)27-16/h2-9,11,16H,10H2,1H3,(H,23,25)(H,24,26). The molecule has 0 saturated heterocycles. The van der Waals surface area contributed by atoms with Crippen LogP contribution in [0.2, 0.25) is 0 Å². The van der Waals surface area contributed by atoms with Crippen LogP contribution in [0.15, 0.2) is 53.4 Å². The largest absolute Gasteiger partial charge is 0.416 e. The average Bonchev–Trinajstić information content (AvgIpc) is 2.61. The van der Waals surface area contributed by atoms with Gasteiger partial charge in [-0.3, -0.25) is 9.59 Å². The first kappa shape index (κ1) is 19.3. The predicted molar refractivity (Wildman–Crippen MR) is 97.3 cm³/mol. The third kappa shape index (κ3) is 4.63. The highest BCUT2D eigenvalue weighted by molar-refractivity contribution is 8.01. The van der Waals surface area contributed by atoms with Crippen molar-refractivity contribution in [3.63, 3.8) is 0 Å². The molecule has 1 heterocycles. The Labute approximate surface area is 158 Å². The van der Waals surface area contributed by atoms with Crippen LogP contribution in [0, 0.1) is 0 Å². The van der Waals surface area contributed by atoms with Crippen molar-refractivity contribution >= 4 is 29.3 Å². The first-order valence-corrected chi connectivity index (χ1v) is 9.15. The first-order valence-electron chi connectivity index (χ1n) is 8.27. The van der Waals surface area contributed by atoms with E-state index >= 15 is 0 Å². The minimum absolute atomic E-state index is 0.0614. The van der Waals surface area contributed by atoms with Gasteiger partial charge in [0.25, 0.3) is 0 Å². The Morgan fingerprint density at radius 2 is 1.93 bits per heavy atom. The maximum atomic E-state index is 12.8. The summed E-state index contributed by atoms with van der Waals surface area (Å²) in [6.07, 6.45) is -4.54. The second-order valence-electron chi connectivity index (χ2n) is 6.21. The van der Waals surface area contributed by atoms with Gasteiger partial charge in [0, 0.05) is 11.3 Å². The van der Waals surface area contributed by atoms with E-state index in [1.165, 1.54) is 6.07 Å². The van der Waals surface area contributed by atoms with Gasteiger partial charge in [0.1, 0.15) is 0 Å². The zero-order valence-corrected chi connectivity index (χ0v) is 15.2. The topological polar surface area (TPSA) is 58.2 Å². The Hall–Kier alpha value is -2.48. The van der Waals surface area contributed by atoms with Gasteiger partial charge in [-0.1, -0.05) is 30.3 Å². The molecule has 0 spiro atoms.